The Labute approximate surface area is 143 Å². The molecule has 122 valence electrons. The fraction of sp³-hybridized carbons (Fsp3) is 0.286. The van der Waals surface area contributed by atoms with Gasteiger partial charge in [-0.1, -0.05) is 36.4 Å². The number of fused-ring (bicyclic) bond motifs is 1. The van der Waals surface area contributed by atoms with Crippen LogP contribution in [0.4, 0.5) is 5.82 Å². The Morgan fingerprint density at radius 2 is 1.75 bits per heavy atom. The number of anilines is 1. The van der Waals surface area contributed by atoms with Gasteiger partial charge in [0.15, 0.2) is 0 Å². The smallest absolute Gasteiger partial charge is 0.129 e. The first-order valence-electron chi connectivity index (χ1n) is 8.73. The Kier molecular flexibility index (Phi) is 4.18. The van der Waals surface area contributed by atoms with Gasteiger partial charge in [-0.2, -0.15) is 0 Å². The van der Waals surface area contributed by atoms with Gasteiger partial charge >= 0.3 is 0 Å². The highest BCUT2D eigenvalue weighted by molar-refractivity contribution is 5.81. The summed E-state index contributed by atoms with van der Waals surface area (Å²) in [5.41, 5.74) is 9.39. The van der Waals surface area contributed by atoms with Gasteiger partial charge in [-0.05, 0) is 54.2 Å². The zero-order valence-corrected chi connectivity index (χ0v) is 13.9. The van der Waals surface area contributed by atoms with E-state index < -0.39 is 0 Å². The van der Waals surface area contributed by atoms with E-state index in [1.54, 1.807) is 0 Å². The summed E-state index contributed by atoms with van der Waals surface area (Å²) in [4.78, 5) is 7.27. The van der Waals surface area contributed by atoms with Crippen molar-refractivity contribution in [3.63, 3.8) is 0 Å². The van der Waals surface area contributed by atoms with Crippen molar-refractivity contribution >= 4 is 16.7 Å². The van der Waals surface area contributed by atoms with Crippen LogP contribution in [0.2, 0.25) is 0 Å². The number of pyridine rings is 1. The molecule has 3 nitrogen and oxygen atoms in total. The first kappa shape index (κ1) is 15.2. The summed E-state index contributed by atoms with van der Waals surface area (Å²) in [7, 11) is 0. The summed E-state index contributed by atoms with van der Waals surface area (Å²) in [6.07, 6.45) is 2.38. The molecule has 0 bridgehead atoms. The zero-order valence-electron chi connectivity index (χ0n) is 13.9. The maximum Gasteiger partial charge on any atom is 0.129 e. The standard InChI is InChI=1S/C21H23N3/c22-15-16-6-8-20-19(14-16)7-9-21(23-20)24-12-10-18(11-13-24)17-4-2-1-3-5-17/h1-9,14,18H,10-13,15,22H2. The van der Waals surface area contributed by atoms with Crippen LogP contribution in [0.25, 0.3) is 10.9 Å². The predicted molar refractivity (Wildman–Crippen MR) is 100 cm³/mol. The molecule has 2 heterocycles. The topological polar surface area (TPSA) is 42.1 Å². The van der Waals surface area contributed by atoms with Gasteiger partial charge in [0.2, 0.25) is 0 Å². The summed E-state index contributed by atoms with van der Waals surface area (Å²) in [5, 5.41) is 1.17. The van der Waals surface area contributed by atoms with E-state index in [0.29, 0.717) is 12.5 Å². The number of aromatic nitrogens is 1. The number of piperidine rings is 1. The van der Waals surface area contributed by atoms with Crippen molar-refractivity contribution in [1.29, 1.82) is 0 Å². The van der Waals surface area contributed by atoms with E-state index in [1.807, 2.05) is 0 Å². The van der Waals surface area contributed by atoms with Gasteiger partial charge in [-0.25, -0.2) is 4.98 Å². The van der Waals surface area contributed by atoms with Gasteiger partial charge in [0.05, 0.1) is 5.52 Å². The fourth-order valence-electron chi connectivity index (χ4n) is 3.63. The van der Waals surface area contributed by atoms with Crippen LogP contribution in [-0.4, -0.2) is 18.1 Å². The fourth-order valence-corrected chi connectivity index (χ4v) is 3.63. The highest BCUT2D eigenvalue weighted by Crippen LogP contribution is 2.30. The number of nitrogens with zero attached hydrogens (tertiary/aromatic N) is 2. The third kappa shape index (κ3) is 3.00. The van der Waals surface area contributed by atoms with Gasteiger partial charge in [0.1, 0.15) is 5.82 Å². The zero-order chi connectivity index (χ0) is 16.4. The lowest BCUT2D eigenvalue weighted by Crippen LogP contribution is -2.33. The van der Waals surface area contributed by atoms with Crippen molar-refractivity contribution in [2.75, 3.05) is 18.0 Å². The van der Waals surface area contributed by atoms with Crippen LogP contribution in [0.1, 0.15) is 29.9 Å². The second kappa shape index (κ2) is 6.62. The number of hydrogen-bond acceptors (Lipinski definition) is 3. The molecule has 2 N–H and O–H groups in total. The normalized spacial score (nSPS) is 15.8. The Balaban J connectivity index is 1.50. The van der Waals surface area contributed by atoms with Gasteiger partial charge in [-0.15, -0.1) is 0 Å². The second-order valence-electron chi connectivity index (χ2n) is 6.57. The Morgan fingerprint density at radius 1 is 0.958 bits per heavy atom. The van der Waals surface area contributed by atoms with E-state index in [-0.39, 0.29) is 0 Å². The van der Waals surface area contributed by atoms with Crippen molar-refractivity contribution in [3.05, 3.63) is 71.8 Å². The lowest BCUT2D eigenvalue weighted by Gasteiger charge is -2.33. The average Bonchev–Trinajstić information content (AvgIpc) is 2.68. The Morgan fingerprint density at radius 3 is 2.50 bits per heavy atom. The first-order chi connectivity index (χ1) is 11.8. The van der Waals surface area contributed by atoms with Crippen molar-refractivity contribution in [2.45, 2.75) is 25.3 Å². The second-order valence-corrected chi connectivity index (χ2v) is 6.57. The molecule has 1 fully saturated rings. The molecule has 0 aliphatic carbocycles. The summed E-state index contributed by atoms with van der Waals surface area (Å²) >= 11 is 0. The van der Waals surface area contributed by atoms with Gasteiger partial charge < -0.3 is 10.6 Å². The summed E-state index contributed by atoms with van der Waals surface area (Å²) in [6.45, 7) is 2.71. The lowest BCUT2D eigenvalue weighted by molar-refractivity contribution is 0.503. The summed E-state index contributed by atoms with van der Waals surface area (Å²) in [5.74, 6) is 1.77. The van der Waals surface area contributed by atoms with Gasteiger partial charge in [0, 0.05) is 25.0 Å². The maximum atomic E-state index is 5.72. The van der Waals surface area contributed by atoms with Gasteiger partial charge in [0.25, 0.3) is 0 Å². The molecule has 0 unspecified atom stereocenters. The molecule has 0 saturated carbocycles. The van der Waals surface area contributed by atoms with E-state index >= 15 is 0 Å². The van der Waals surface area contributed by atoms with Crippen molar-refractivity contribution in [3.8, 4) is 0 Å². The van der Waals surface area contributed by atoms with Crippen LogP contribution < -0.4 is 10.6 Å². The van der Waals surface area contributed by atoms with Crippen LogP contribution in [0, 0.1) is 0 Å². The number of benzene rings is 2. The quantitative estimate of drug-likeness (QED) is 0.791. The maximum absolute atomic E-state index is 5.72. The molecule has 0 atom stereocenters. The molecule has 24 heavy (non-hydrogen) atoms. The molecule has 1 aromatic heterocycles. The molecule has 3 heteroatoms. The van der Waals surface area contributed by atoms with Crippen molar-refractivity contribution in [1.82, 2.24) is 4.98 Å². The molecule has 0 spiro atoms. The molecule has 1 aliphatic rings. The molecule has 3 aromatic rings. The Hall–Kier alpha value is -2.39. The minimum absolute atomic E-state index is 0.574. The molecule has 0 amide bonds. The first-order valence-corrected chi connectivity index (χ1v) is 8.73. The molecule has 1 aliphatic heterocycles. The number of nitrogens with two attached hydrogens (primary N) is 1. The molecular weight excluding hydrogens is 294 g/mol. The molecular formula is C21H23N3. The van der Waals surface area contributed by atoms with Crippen LogP contribution >= 0.6 is 0 Å². The van der Waals surface area contributed by atoms with Crippen LogP contribution in [-0.2, 0) is 6.54 Å². The lowest BCUT2D eigenvalue weighted by atomic mass is 9.89. The summed E-state index contributed by atoms with van der Waals surface area (Å²) in [6, 6.07) is 21.5. The molecule has 1 saturated heterocycles. The molecule has 4 rings (SSSR count). The monoisotopic (exact) mass is 317 g/mol. The van der Waals surface area contributed by atoms with E-state index in [0.717, 1.165) is 30.0 Å². The minimum Gasteiger partial charge on any atom is -0.357 e. The van der Waals surface area contributed by atoms with E-state index in [4.69, 9.17) is 10.7 Å². The molecule has 2 aromatic carbocycles. The predicted octanol–water partition coefficient (Wildman–Crippen LogP) is 4.08. The minimum atomic E-state index is 0.574. The number of rotatable bonds is 3. The summed E-state index contributed by atoms with van der Waals surface area (Å²) < 4.78 is 0. The van der Waals surface area contributed by atoms with Crippen molar-refractivity contribution < 1.29 is 0 Å². The van der Waals surface area contributed by atoms with Gasteiger partial charge in [-0.3, -0.25) is 0 Å². The third-order valence-corrected chi connectivity index (χ3v) is 5.06. The van der Waals surface area contributed by atoms with E-state index in [1.165, 1.54) is 23.8 Å². The average molecular weight is 317 g/mol. The largest absolute Gasteiger partial charge is 0.357 e. The SMILES string of the molecule is NCc1ccc2nc(N3CCC(c4ccccc4)CC3)ccc2c1. The van der Waals surface area contributed by atoms with E-state index in [2.05, 4.69) is 65.6 Å². The highest BCUT2D eigenvalue weighted by atomic mass is 15.2. The molecule has 0 radical (unpaired) electrons. The van der Waals surface area contributed by atoms with Crippen molar-refractivity contribution in [2.24, 2.45) is 5.73 Å². The van der Waals surface area contributed by atoms with Crippen LogP contribution in [0.3, 0.4) is 0 Å². The van der Waals surface area contributed by atoms with E-state index in [9.17, 15) is 0 Å². The number of hydrogen-bond donors (Lipinski definition) is 1. The van der Waals surface area contributed by atoms with Crippen LogP contribution in [0.5, 0.6) is 0 Å². The Bertz CT molecular complexity index is 821. The third-order valence-electron chi connectivity index (χ3n) is 5.06. The van der Waals surface area contributed by atoms with Crippen LogP contribution in [0.15, 0.2) is 60.7 Å². The highest BCUT2D eigenvalue weighted by Gasteiger charge is 2.21.